The van der Waals surface area contributed by atoms with Crippen molar-refractivity contribution < 1.29 is 28.5 Å². The SMILES string of the molecule is CCOc1cc(/C=N/NC(=O)[C@H](NC(=O)c2ccc3c(c2)OCO3)C(C)C)cc(I)c1OCc1ccc(Cl)cc1Cl. The molecule has 3 aromatic carbocycles. The van der Waals surface area contributed by atoms with Crippen molar-refractivity contribution in [2.24, 2.45) is 11.0 Å². The van der Waals surface area contributed by atoms with Crippen LogP contribution in [0.1, 0.15) is 42.3 Å². The molecule has 3 aromatic rings. The molecular formula is C29H28Cl2IN3O6. The second-order valence-corrected chi connectivity index (χ2v) is 11.3. The molecule has 1 heterocycles. The lowest BCUT2D eigenvalue weighted by atomic mass is 10.0. The fourth-order valence-corrected chi connectivity index (χ4v) is 5.14. The van der Waals surface area contributed by atoms with Gasteiger partial charge < -0.3 is 24.3 Å². The third kappa shape index (κ3) is 7.96. The maximum absolute atomic E-state index is 12.9. The molecule has 9 nitrogen and oxygen atoms in total. The van der Waals surface area contributed by atoms with Crippen molar-refractivity contribution in [3.8, 4) is 23.0 Å². The first-order valence-corrected chi connectivity index (χ1v) is 14.6. The molecule has 41 heavy (non-hydrogen) atoms. The number of amides is 2. The van der Waals surface area contributed by atoms with Crippen LogP contribution < -0.4 is 29.7 Å². The zero-order valence-electron chi connectivity index (χ0n) is 22.5. The minimum Gasteiger partial charge on any atom is -0.490 e. The highest BCUT2D eigenvalue weighted by molar-refractivity contribution is 14.1. The molecule has 1 atom stereocenters. The number of benzene rings is 3. The number of halogens is 3. The zero-order valence-corrected chi connectivity index (χ0v) is 26.2. The van der Waals surface area contributed by atoms with Crippen molar-refractivity contribution >= 4 is 63.8 Å². The van der Waals surface area contributed by atoms with Gasteiger partial charge in [0.05, 0.1) is 16.4 Å². The molecule has 0 spiro atoms. The Balaban J connectivity index is 1.42. The zero-order chi connectivity index (χ0) is 29.5. The summed E-state index contributed by atoms with van der Waals surface area (Å²) in [5, 5.41) is 7.95. The molecule has 1 aliphatic heterocycles. The van der Waals surface area contributed by atoms with E-state index in [1.54, 1.807) is 36.4 Å². The summed E-state index contributed by atoms with van der Waals surface area (Å²) in [6.45, 7) is 6.29. The highest BCUT2D eigenvalue weighted by Crippen LogP contribution is 2.35. The number of rotatable bonds is 11. The molecule has 0 fully saturated rings. The van der Waals surface area contributed by atoms with Crippen molar-refractivity contribution in [1.29, 1.82) is 0 Å². The van der Waals surface area contributed by atoms with Crippen LogP contribution in [0.15, 0.2) is 53.6 Å². The fourth-order valence-electron chi connectivity index (χ4n) is 3.89. The largest absolute Gasteiger partial charge is 0.490 e. The molecule has 0 saturated heterocycles. The lowest BCUT2D eigenvalue weighted by molar-refractivity contribution is -0.123. The van der Waals surface area contributed by atoms with Gasteiger partial charge in [-0.05, 0) is 83.5 Å². The Labute approximate surface area is 261 Å². The number of nitrogens with zero attached hydrogens (tertiary/aromatic N) is 1. The lowest BCUT2D eigenvalue weighted by Gasteiger charge is -2.20. The summed E-state index contributed by atoms with van der Waals surface area (Å²) in [7, 11) is 0. The molecule has 0 unspecified atom stereocenters. The van der Waals surface area contributed by atoms with Crippen LogP contribution in [0.2, 0.25) is 10.0 Å². The molecule has 1 aliphatic rings. The molecule has 0 radical (unpaired) electrons. The number of fused-ring (bicyclic) bond motifs is 1. The number of hydrazone groups is 1. The van der Waals surface area contributed by atoms with Gasteiger partial charge in [0.2, 0.25) is 6.79 Å². The van der Waals surface area contributed by atoms with Crippen LogP contribution in [0.3, 0.4) is 0 Å². The molecule has 4 rings (SSSR count). The maximum Gasteiger partial charge on any atom is 0.262 e. The summed E-state index contributed by atoms with van der Waals surface area (Å²) in [6.07, 6.45) is 1.50. The van der Waals surface area contributed by atoms with Crippen LogP contribution in [0.25, 0.3) is 0 Å². The van der Waals surface area contributed by atoms with Crippen LogP contribution in [0.4, 0.5) is 0 Å². The van der Waals surface area contributed by atoms with Gasteiger partial charge in [-0.1, -0.05) is 43.1 Å². The van der Waals surface area contributed by atoms with E-state index in [1.807, 2.05) is 32.9 Å². The van der Waals surface area contributed by atoms with E-state index in [4.69, 9.17) is 42.1 Å². The minimum absolute atomic E-state index is 0.106. The van der Waals surface area contributed by atoms with Crippen LogP contribution in [0.5, 0.6) is 23.0 Å². The quantitative estimate of drug-likeness (QED) is 0.139. The summed E-state index contributed by atoms with van der Waals surface area (Å²) < 4.78 is 23.3. The highest BCUT2D eigenvalue weighted by atomic mass is 127. The van der Waals surface area contributed by atoms with Crippen molar-refractivity contribution in [3.05, 3.63) is 78.8 Å². The van der Waals surface area contributed by atoms with Crippen molar-refractivity contribution in [1.82, 2.24) is 10.7 Å². The third-order valence-corrected chi connectivity index (χ3v) is 7.37. The van der Waals surface area contributed by atoms with E-state index in [0.717, 1.165) is 9.13 Å². The average molecular weight is 712 g/mol. The molecule has 0 aromatic heterocycles. The predicted molar refractivity (Wildman–Crippen MR) is 166 cm³/mol. The van der Waals surface area contributed by atoms with Crippen LogP contribution in [-0.4, -0.2) is 37.5 Å². The van der Waals surface area contributed by atoms with Crippen LogP contribution in [0, 0.1) is 9.49 Å². The van der Waals surface area contributed by atoms with Gasteiger partial charge in [0.25, 0.3) is 11.8 Å². The number of carbonyl (C=O) groups excluding carboxylic acids is 2. The summed E-state index contributed by atoms with van der Waals surface area (Å²) >= 11 is 14.4. The van der Waals surface area contributed by atoms with Gasteiger partial charge in [0.15, 0.2) is 23.0 Å². The topological polar surface area (TPSA) is 107 Å². The van der Waals surface area contributed by atoms with E-state index in [1.165, 1.54) is 6.21 Å². The van der Waals surface area contributed by atoms with Gasteiger partial charge in [0.1, 0.15) is 12.6 Å². The standard InChI is InChI=1S/C29H28Cl2IN3O6/c1-4-38-25-10-17(9-22(32)27(25)39-14-19-5-7-20(30)12-21(19)31)13-33-35-29(37)26(16(2)3)34-28(36)18-6-8-23-24(11-18)41-15-40-23/h5-13,16,26H,4,14-15H2,1-3H3,(H,34,36)(H,35,37)/b33-13+/t26-/m1/s1. The Kier molecular flexibility index (Phi) is 10.6. The molecule has 0 aliphatic carbocycles. The Morgan fingerprint density at radius 1 is 1.07 bits per heavy atom. The van der Waals surface area contributed by atoms with Crippen molar-refractivity contribution in [2.45, 2.75) is 33.4 Å². The van der Waals surface area contributed by atoms with Crippen LogP contribution in [-0.2, 0) is 11.4 Å². The van der Waals surface area contributed by atoms with E-state index in [2.05, 4.69) is 38.4 Å². The smallest absolute Gasteiger partial charge is 0.262 e. The first-order valence-electron chi connectivity index (χ1n) is 12.7. The fraction of sp³-hybridized carbons (Fsp3) is 0.276. The monoisotopic (exact) mass is 711 g/mol. The maximum atomic E-state index is 12.9. The first kappa shape index (κ1) is 30.7. The number of ether oxygens (including phenoxy) is 4. The molecule has 2 N–H and O–H groups in total. The van der Waals surface area contributed by atoms with Crippen molar-refractivity contribution in [2.75, 3.05) is 13.4 Å². The van der Waals surface area contributed by atoms with Gasteiger partial charge in [-0.3, -0.25) is 9.59 Å². The second-order valence-electron chi connectivity index (χ2n) is 9.28. The number of hydrogen-bond donors (Lipinski definition) is 2. The number of carbonyl (C=O) groups is 2. The molecule has 216 valence electrons. The summed E-state index contributed by atoms with van der Waals surface area (Å²) in [4.78, 5) is 25.8. The van der Waals surface area contributed by atoms with Gasteiger partial charge in [0, 0.05) is 21.2 Å². The van der Waals surface area contributed by atoms with Gasteiger partial charge in [-0.25, -0.2) is 5.43 Å². The number of hydrogen-bond acceptors (Lipinski definition) is 7. The van der Waals surface area contributed by atoms with Gasteiger partial charge >= 0.3 is 0 Å². The minimum atomic E-state index is -0.820. The van der Waals surface area contributed by atoms with E-state index in [0.29, 0.717) is 50.8 Å². The molecule has 12 heteroatoms. The van der Waals surface area contributed by atoms with E-state index >= 15 is 0 Å². The van der Waals surface area contributed by atoms with Gasteiger partial charge in [-0.15, -0.1) is 0 Å². The highest BCUT2D eigenvalue weighted by Gasteiger charge is 2.25. The molecular weight excluding hydrogens is 684 g/mol. The Hall–Kier alpha value is -3.22. The van der Waals surface area contributed by atoms with Crippen molar-refractivity contribution in [3.63, 3.8) is 0 Å². The third-order valence-electron chi connectivity index (χ3n) is 5.98. The predicted octanol–water partition coefficient (Wildman–Crippen LogP) is 6.21. The average Bonchev–Trinajstić information content (AvgIpc) is 3.40. The van der Waals surface area contributed by atoms with Crippen LogP contribution >= 0.6 is 45.8 Å². The Bertz CT molecular complexity index is 1470. The first-order chi connectivity index (χ1) is 19.7. The molecule has 0 saturated carbocycles. The van der Waals surface area contributed by atoms with E-state index in [9.17, 15) is 9.59 Å². The van der Waals surface area contributed by atoms with Gasteiger partial charge in [-0.2, -0.15) is 5.10 Å². The second kappa shape index (κ2) is 14.1. The molecule has 2 amide bonds. The summed E-state index contributed by atoms with van der Waals surface area (Å²) in [6, 6.07) is 12.9. The molecule has 0 bridgehead atoms. The van der Waals surface area contributed by atoms with E-state index in [-0.39, 0.29) is 19.3 Å². The normalized spacial score (nSPS) is 12.9. The number of nitrogens with one attached hydrogen (secondary N) is 2. The lowest BCUT2D eigenvalue weighted by Crippen LogP contribution is -2.48. The Morgan fingerprint density at radius 2 is 1.85 bits per heavy atom. The van der Waals surface area contributed by atoms with E-state index < -0.39 is 17.9 Å². The summed E-state index contributed by atoms with van der Waals surface area (Å²) in [5.41, 5.74) is 4.35. The summed E-state index contributed by atoms with van der Waals surface area (Å²) in [5.74, 6) is 1.08. The Morgan fingerprint density at radius 3 is 2.59 bits per heavy atom.